The van der Waals surface area contributed by atoms with Crippen molar-refractivity contribution in [3.63, 3.8) is 0 Å². The SMILES string of the molecule is Cc1cccc([C@]2(C(N)=O)CCCN2Cc2cccc(OCc3ccccn3)c2)n1. The van der Waals surface area contributed by atoms with Crippen molar-refractivity contribution in [3.05, 3.63) is 89.5 Å². The topological polar surface area (TPSA) is 81.3 Å². The Morgan fingerprint density at radius 3 is 2.80 bits per heavy atom. The standard InChI is InChI=1S/C24H26N4O2/c1-18-7-4-11-22(27-18)24(23(25)29)12-6-14-28(24)16-19-8-5-10-21(15-19)30-17-20-9-2-3-13-26-20/h2-5,7-11,13,15H,6,12,14,16-17H2,1H3,(H2,25,29)/t24-/m0/s1. The summed E-state index contributed by atoms with van der Waals surface area (Å²) >= 11 is 0. The molecule has 3 heterocycles. The molecule has 6 nitrogen and oxygen atoms in total. The Balaban J connectivity index is 1.54. The van der Waals surface area contributed by atoms with Crippen molar-refractivity contribution >= 4 is 5.91 Å². The van der Waals surface area contributed by atoms with Gasteiger partial charge in [-0.25, -0.2) is 0 Å². The largest absolute Gasteiger partial charge is 0.487 e. The maximum Gasteiger partial charge on any atom is 0.244 e. The first-order chi connectivity index (χ1) is 14.6. The first-order valence-corrected chi connectivity index (χ1v) is 10.2. The van der Waals surface area contributed by atoms with E-state index in [0.717, 1.165) is 41.4 Å². The Hall–Kier alpha value is -3.25. The lowest BCUT2D eigenvalue weighted by Gasteiger charge is -2.35. The minimum absolute atomic E-state index is 0.347. The molecule has 30 heavy (non-hydrogen) atoms. The van der Waals surface area contributed by atoms with Crippen molar-refractivity contribution in [2.45, 2.75) is 38.5 Å². The maximum absolute atomic E-state index is 12.7. The number of hydrogen-bond donors (Lipinski definition) is 1. The zero-order valence-electron chi connectivity index (χ0n) is 17.1. The van der Waals surface area contributed by atoms with Gasteiger partial charge >= 0.3 is 0 Å². The summed E-state index contributed by atoms with van der Waals surface area (Å²) in [6, 6.07) is 19.5. The van der Waals surface area contributed by atoms with Gasteiger partial charge in [0.1, 0.15) is 17.9 Å². The van der Waals surface area contributed by atoms with Gasteiger partial charge in [-0.3, -0.25) is 19.7 Å². The van der Waals surface area contributed by atoms with Gasteiger partial charge in [-0.05, 0) is 68.3 Å². The van der Waals surface area contributed by atoms with Crippen LogP contribution < -0.4 is 10.5 Å². The fourth-order valence-electron chi connectivity index (χ4n) is 4.15. The number of nitrogens with two attached hydrogens (primary N) is 1. The number of primary amides is 1. The summed E-state index contributed by atoms with van der Waals surface area (Å²) in [5, 5.41) is 0. The summed E-state index contributed by atoms with van der Waals surface area (Å²) in [5.41, 5.74) is 8.62. The molecule has 1 amide bonds. The molecule has 1 atom stereocenters. The molecule has 0 aliphatic carbocycles. The van der Waals surface area contributed by atoms with Gasteiger partial charge in [-0.2, -0.15) is 0 Å². The van der Waals surface area contributed by atoms with E-state index in [1.165, 1.54) is 0 Å². The molecule has 3 aromatic rings. The van der Waals surface area contributed by atoms with Crippen molar-refractivity contribution in [1.29, 1.82) is 0 Å². The molecule has 0 radical (unpaired) electrons. The van der Waals surface area contributed by atoms with E-state index < -0.39 is 5.54 Å². The van der Waals surface area contributed by atoms with E-state index in [9.17, 15) is 4.79 Å². The van der Waals surface area contributed by atoms with Gasteiger partial charge in [0.05, 0.1) is 11.4 Å². The molecule has 1 aliphatic heterocycles. The second-order valence-electron chi connectivity index (χ2n) is 7.67. The number of pyridine rings is 2. The number of aryl methyl sites for hydroxylation is 1. The molecule has 0 spiro atoms. The maximum atomic E-state index is 12.7. The Kier molecular flexibility index (Phi) is 5.77. The molecule has 0 unspecified atom stereocenters. The summed E-state index contributed by atoms with van der Waals surface area (Å²) < 4.78 is 5.91. The van der Waals surface area contributed by atoms with Crippen molar-refractivity contribution in [2.75, 3.05) is 6.54 Å². The summed E-state index contributed by atoms with van der Waals surface area (Å²) in [7, 11) is 0. The second-order valence-corrected chi connectivity index (χ2v) is 7.67. The van der Waals surface area contributed by atoms with Crippen molar-refractivity contribution in [3.8, 4) is 5.75 Å². The molecule has 1 fully saturated rings. The number of aromatic nitrogens is 2. The molecular weight excluding hydrogens is 376 g/mol. The highest BCUT2D eigenvalue weighted by atomic mass is 16.5. The molecule has 2 aromatic heterocycles. The van der Waals surface area contributed by atoms with Crippen molar-refractivity contribution in [1.82, 2.24) is 14.9 Å². The van der Waals surface area contributed by atoms with E-state index in [2.05, 4.69) is 14.9 Å². The molecule has 1 saturated heterocycles. The van der Waals surface area contributed by atoms with Crippen LogP contribution in [0.3, 0.4) is 0 Å². The van der Waals surface area contributed by atoms with Crippen molar-refractivity contribution < 1.29 is 9.53 Å². The van der Waals surface area contributed by atoms with E-state index in [1.54, 1.807) is 6.20 Å². The van der Waals surface area contributed by atoms with Gasteiger partial charge in [0.25, 0.3) is 0 Å². The highest BCUT2D eigenvalue weighted by Gasteiger charge is 2.48. The van der Waals surface area contributed by atoms with Crippen LogP contribution in [0.2, 0.25) is 0 Å². The normalized spacial score (nSPS) is 19.0. The molecule has 4 rings (SSSR count). The minimum atomic E-state index is -0.878. The van der Waals surface area contributed by atoms with Gasteiger partial charge in [0.15, 0.2) is 0 Å². The third-order valence-electron chi connectivity index (χ3n) is 5.61. The molecule has 0 saturated carbocycles. The van der Waals surface area contributed by atoms with Crippen LogP contribution in [0.4, 0.5) is 0 Å². The number of benzene rings is 1. The predicted octanol–water partition coefficient (Wildman–Crippen LogP) is 3.34. The number of likely N-dealkylation sites (tertiary alicyclic amines) is 1. The summed E-state index contributed by atoms with van der Waals surface area (Å²) in [4.78, 5) is 23.8. The van der Waals surface area contributed by atoms with Crippen molar-refractivity contribution in [2.24, 2.45) is 5.73 Å². The molecule has 154 valence electrons. The monoisotopic (exact) mass is 402 g/mol. The van der Waals surface area contributed by atoms with Gasteiger partial charge in [0.2, 0.25) is 5.91 Å². The Labute approximate surface area is 176 Å². The Morgan fingerprint density at radius 2 is 2.03 bits per heavy atom. The van der Waals surface area contributed by atoms with Crippen LogP contribution in [0.15, 0.2) is 66.9 Å². The first-order valence-electron chi connectivity index (χ1n) is 10.2. The molecule has 0 bridgehead atoms. The number of amides is 1. The number of hydrogen-bond acceptors (Lipinski definition) is 5. The van der Waals surface area contributed by atoms with Crippen LogP contribution in [0.5, 0.6) is 5.75 Å². The number of ether oxygens (including phenoxy) is 1. The fourth-order valence-corrected chi connectivity index (χ4v) is 4.15. The summed E-state index contributed by atoms with van der Waals surface area (Å²) in [6.45, 7) is 3.73. The zero-order chi connectivity index (χ0) is 21.0. The fraction of sp³-hybridized carbons (Fsp3) is 0.292. The van der Waals surface area contributed by atoms with E-state index in [4.69, 9.17) is 10.5 Å². The first kappa shape index (κ1) is 20.0. The third-order valence-corrected chi connectivity index (χ3v) is 5.61. The van der Waals surface area contributed by atoms with Crippen LogP contribution in [0.1, 0.15) is 35.5 Å². The van der Waals surface area contributed by atoms with Crippen LogP contribution >= 0.6 is 0 Å². The minimum Gasteiger partial charge on any atom is -0.487 e. The highest BCUT2D eigenvalue weighted by Crippen LogP contribution is 2.39. The average Bonchev–Trinajstić information content (AvgIpc) is 3.18. The van der Waals surface area contributed by atoms with Gasteiger partial charge in [-0.1, -0.05) is 24.3 Å². The van der Waals surface area contributed by atoms with E-state index in [0.29, 0.717) is 19.6 Å². The van der Waals surface area contributed by atoms with Crippen LogP contribution in [-0.2, 0) is 23.5 Å². The average molecular weight is 402 g/mol. The van der Waals surface area contributed by atoms with E-state index >= 15 is 0 Å². The van der Waals surface area contributed by atoms with E-state index in [-0.39, 0.29) is 5.91 Å². The highest BCUT2D eigenvalue weighted by molar-refractivity contribution is 5.86. The lowest BCUT2D eigenvalue weighted by molar-refractivity contribution is -0.129. The number of carbonyl (C=O) groups is 1. The zero-order valence-corrected chi connectivity index (χ0v) is 17.1. The summed E-state index contributed by atoms with van der Waals surface area (Å²) in [6.07, 6.45) is 3.33. The molecule has 1 aromatic carbocycles. The molecular formula is C24H26N4O2. The third kappa shape index (κ3) is 4.04. The number of nitrogens with zero attached hydrogens (tertiary/aromatic N) is 3. The van der Waals surface area contributed by atoms with Gasteiger partial charge < -0.3 is 10.5 Å². The lowest BCUT2D eigenvalue weighted by Crippen LogP contribution is -2.51. The quantitative estimate of drug-likeness (QED) is 0.655. The van der Waals surface area contributed by atoms with Gasteiger partial charge in [0, 0.05) is 18.4 Å². The van der Waals surface area contributed by atoms with E-state index in [1.807, 2.05) is 67.6 Å². The Bertz CT molecular complexity index is 1020. The predicted molar refractivity (Wildman–Crippen MR) is 115 cm³/mol. The molecule has 1 aliphatic rings. The molecule has 6 heteroatoms. The lowest BCUT2D eigenvalue weighted by atomic mass is 9.89. The Morgan fingerprint density at radius 1 is 1.17 bits per heavy atom. The second kappa shape index (κ2) is 8.63. The number of carbonyl (C=O) groups excluding carboxylic acids is 1. The van der Waals surface area contributed by atoms with Crippen LogP contribution in [0, 0.1) is 6.92 Å². The smallest absolute Gasteiger partial charge is 0.244 e. The van der Waals surface area contributed by atoms with Crippen LogP contribution in [-0.4, -0.2) is 27.3 Å². The van der Waals surface area contributed by atoms with Gasteiger partial charge in [-0.15, -0.1) is 0 Å². The van der Waals surface area contributed by atoms with Crippen LogP contribution in [0.25, 0.3) is 0 Å². The number of rotatable bonds is 7. The molecule has 2 N–H and O–H groups in total. The summed E-state index contributed by atoms with van der Waals surface area (Å²) in [5.74, 6) is 0.427.